The van der Waals surface area contributed by atoms with E-state index in [1.54, 1.807) is 0 Å². The van der Waals surface area contributed by atoms with E-state index < -0.39 is 0 Å². The molecule has 0 saturated heterocycles. The quantitative estimate of drug-likeness (QED) is 0.384. The van der Waals surface area contributed by atoms with Gasteiger partial charge >= 0.3 is 0 Å². The first-order valence-electron chi connectivity index (χ1n) is 17.5. The van der Waals surface area contributed by atoms with Crippen LogP contribution in [0.3, 0.4) is 0 Å². The Balaban J connectivity index is 1.40. The second-order valence-electron chi connectivity index (χ2n) is 18.2. The van der Waals surface area contributed by atoms with Gasteiger partial charge in [0, 0.05) is 11.5 Å². The predicted molar refractivity (Wildman–Crippen MR) is 181 cm³/mol. The molecule has 0 aliphatic heterocycles. The van der Waals surface area contributed by atoms with Crippen molar-refractivity contribution in [3.05, 3.63) is 87.5 Å². The number of rotatable bonds is 4. The number of hydrogen-bond donors (Lipinski definition) is 1. The van der Waals surface area contributed by atoms with Gasteiger partial charge in [-0.25, -0.2) is 0 Å². The van der Waals surface area contributed by atoms with Crippen molar-refractivity contribution in [3.8, 4) is 5.75 Å². The van der Waals surface area contributed by atoms with E-state index in [9.17, 15) is 5.11 Å². The minimum Gasteiger partial charge on any atom is -0.507 e. The zero-order chi connectivity index (χ0) is 30.6. The van der Waals surface area contributed by atoms with Crippen LogP contribution in [0.5, 0.6) is 5.75 Å². The molecule has 6 aliphatic rings. The molecule has 0 amide bonds. The van der Waals surface area contributed by atoms with Crippen LogP contribution in [-0.4, -0.2) is 5.11 Å². The van der Waals surface area contributed by atoms with Crippen LogP contribution < -0.4 is 0 Å². The molecule has 6 aliphatic carbocycles. The van der Waals surface area contributed by atoms with Crippen molar-refractivity contribution in [2.24, 2.45) is 35.0 Å². The molecule has 230 valence electrons. The Morgan fingerprint density at radius 2 is 1.44 bits per heavy atom. The first-order chi connectivity index (χ1) is 20.1. The predicted octanol–water partition coefficient (Wildman–Crippen LogP) is 11.2. The molecule has 4 atom stereocenters. The Kier molecular flexibility index (Phi) is 6.75. The molecule has 8 rings (SSSR count). The fourth-order valence-electron chi connectivity index (χ4n) is 11.0. The van der Waals surface area contributed by atoms with E-state index in [4.69, 9.17) is 0 Å². The Morgan fingerprint density at radius 1 is 0.814 bits per heavy atom. The van der Waals surface area contributed by atoms with Gasteiger partial charge < -0.3 is 5.11 Å². The molecule has 4 unspecified atom stereocenters. The fourth-order valence-corrected chi connectivity index (χ4v) is 11.0. The molecule has 2 aromatic rings. The van der Waals surface area contributed by atoms with E-state index in [1.807, 2.05) is 0 Å². The van der Waals surface area contributed by atoms with Crippen molar-refractivity contribution in [2.45, 2.75) is 129 Å². The van der Waals surface area contributed by atoms with Crippen LogP contribution in [0.15, 0.2) is 54.1 Å². The highest BCUT2D eigenvalue weighted by molar-refractivity contribution is 5.56. The molecule has 4 fully saturated rings. The summed E-state index contributed by atoms with van der Waals surface area (Å²) in [7, 11) is 0. The van der Waals surface area contributed by atoms with Gasteiger partial charge in [-0.2, -0.15) is 0 Å². The Hall–Kier alpha value is -2.28. The fraction of sp³-hybridized carbons (Fsp3) is 0.619. The average molecular weight is 577 g/mol. The highest BCUT2D eigenvalue weighted by Crippen LogP contribution is 2.64. The summed E-state index contributed by atoms with van der Waals surface area (Å²) in [6, 6.07) is 12.2. The lowest BCUT2D eigenvalue weighted by molar-refractivity contribution is -0.00625. The summed E-state index contributed by atoms with van der Waals surface area (Å²) in [6.07, 6.45) is 15.7. The van der Waals surface area contributed by atoms with Gasteiger partial charge in [-0.15, -0.1) is 0 Å². The van der Waals surface area contributed by atoms with Gasteiger partial charge in [0.05, 0.1) is 0 Å². The molecule has 0 radical (unpaired) electrons. The highest BCUT2D eigenvalue weighted by Gasteiger charge is 2.53. The summed E-state index contributed by atoms with van der Waals surface area (Å²) in [4.78, 5) is 0. The van der Waals surface area contributed by atoms with Gasteiger partial charge in [-0.3, -0.25) is 0 Å². The van der Waals surface area contributed by atoms with Crippen molar-refractivity contribution in [1.82, 2.24) is 0 Å². The molecule has 4 saturated carbocycles. The molecular formula is C42H56O. The van der Waals surface area contributed by atoms with Crippen molar-refractivity contribution < 1.29 is 5.11 Å². The number of fused-ring (bicyclic) bond motifs is 3. The number of aromatic hydroxyl groups is 1. The van der Waals surface area contributed by atoms with Crippen molar-refractivity contribution in [3.63, 3.8) is 0 Å². The van der Waals surface area contributed by atoms with E-state index in [-0.39, 0.29) is 22.2 Å². The van der Waals surface area contributed by atoms with Crippen LogP contribution in [-0.2, 0) is 10.8 Å². The third-order valence-corrected chi connectivity index (χ3v) is 12.6. The van der Waals surface area contributed by atoms with E-state index in [0.29, 0.717) is 29.4 Å². The molecule has 0 aromatic heterocycles. The third kappa shape index (κ3) is 4.78. The van der Waals surface area contributed by atoms with Gasteiger partial charge in [0.25, 0.3) is 0 Å². The molecule has 1 heteroatoms. The monoisotopic (exact) mass is 576 g/mol. The SMILES string of the molecule is Cc1cc(C(C(C)C)C2c3cc(C(C)(C)C)ccc3C3C=CC(C(C)(C)C)=CC32)c(O)c(C23CC4CC(CC(C4)C2)C3)c1. The minimum absolute atomic E-state index is 0.0973. The lowest BCUT2D eigenvalue weighted by Gasteiger charge is -2.57. The Labute approximate surface area is 262 Å². The smallest absolute Gasteiger partial charge is 0.122 e. The van der Waals surface area contributed by atoms with Crippen LogP contribution >= 0.6 is 0 Å². The number of hydrogen-bond acceptors (Lipinski definition) is 1. The molecular weight excluding hydrogens is 520 g/mol. The first kappa shape index (κ1) is 29.4. The van der Waals surface area contributed by atoms with Crippen LogP contribution in [0, 0.1) is 41.9 Å². The van der Waals surface area contributed by atoms with Crippen LogP contribution in [0.25, 0.3) is 0 Å². The average Bonchev–Trinajstić information content (AvgIpc) is 3.21. The summed E-state index contributed by atoms with van der Waals surface area (Å²) in [5.41, 5.74) is 10.1. The summed E-state index contributed by atoms with van der Waals surface area (Å²) in [5.74, 6) is 5.04. The van der Waals surface area contributed by atoms with E-state index >= 15 is 0 Å². The van der Waals surface area contributed by atoms with E-state index in [2.05, 4.69) is 111 Å². The normalized spacial score (nSPS) is 33.5. The molecule has 1 nitrogen and oxygen atoms in total. The van der Waals surface area contributed by atoms with Gasteiger partial charge in [0.2, 0.25) is 0 Å². The molecule has 1 N–H and O–H groups in total. The van der Waals surface area contributed by atoms with E-state index in [1.165, 1.54) is 77.5 Å². The van der Waals surface area contributed by atoms with Gasteiger partial charge in [-0.1, -0.05) is 110 Å². The first-order valence-corrected chi connectivity index (χ1v) is 17.5. The maximum absolute atomic E-state index is 12.5. The van der Waals surface area contributed by atoms with Crippen molar-refractivity contribution in [2.75, 3.05) is 0 Å². The maximum Gasteiger partial charge on any atom is 0.122 e. The summed E-state index contributed by atoms with van der Waals surface area (Å²) < 4.78 is 0. The zero-order valence-corrected chi connectivity index (χ0v) is 28.4. The van der Waals surface area contributed by atoms with Gasteiger partial charge in [-0.05, 0) is 131 Å². The van der Waals surface area contributed by atoms with Gasteiger partial charge in [0.1, 0.15) is 5.75 Å². The number of benzene rings is 2. The molecule has 4 bridgehead atoms. The molecule has 2 aromatic carbocycles. The standard InChI is InChI=1S/C42H56O/c1-24(2)37(35-14-25(3)15-36(39(35)43)42-21-26-16-27(22-42)18-28(17-26)23-42)38-33-19-29(40(4,5)6)10-12-31(33)32-13-11-30(20-34(32)38)41(7,8)9/h10-15,19-20,24,26-28,31,33,37-38,43H,16-18,21-23H2,1-9H3. The van der Waals surface area contributed by atoms with E-state index in [0.717, 1.165) is 17.8 Å². The van der Waals surface area contributed by atoms with Gasteiger partial charge in [0.15, 0.2) is 0 Å². The second-order valence-corrected chi connectivity index (χ2v) is 18.2. The van der Waals surface area contributed by atoms with Crippen LogP contribution in [0.1, 0.15) is 145 Å². The second kappa shape index (κ2) is 9.86. The Morgan fingerprint density at radius 3 is 2.00 bits per heavy atom. The zero-order valence-electron chi connectivity index (χ0n) is 28.4. The van der Waals surface area contributed by atoms with Crippen molar-refractivity contribution in [1.29, 1.82) is 0 Å². The molecule has 0 spiro atoms. The number of allylic oxidation sites excluding steroid dienone is 4. The largest absolute Gasteiger partial charge is 0.507 e. The van der Waals surface area contributed by atoms with Crippen molar-refractivity contribution >= 4 is 0 Å². The van der Waals surface area contributed by atoms with Crippen LogP contribution in [0.2, 0.25) is 0 Å². The topological polar surface area (TPSA) is 20.2 Å². The summed E-state index contributed by atoms with van der Waals surface area (Å²) in [6.45, 7) is 21.2. The third-order valence-electron chi connectivity index (χ3n) is 12.6. The highest BCUT2D eigenvalue weighted by atomic mass is 16.3. The number of aryl methyl sites for hydroxylation is 1. The Bertz CT molecular complexity index is 1450. The number of phenolic OH excluding ortho intramolecular Hbond substituents is 1. The molecule has 0 heterocycles. The lowest BCUT2D eigenvalue weighted by atomic mass is 9.47. The lowest BCUT2D eigenvalue weighted by Crippen LogP contribution is -2.48. The summed E-state index contributed by atoms with van der Waals surface area (Å²) >= 11 is 0. The number of phenols is 1. The van der Waals surface area contributed by atoms with Crippen LogP contribution in [0.4, 0.5) is 0 Å². The molecule has 43 heavy (non-hydrogen) atoms. The summed E-state index contributed by atoms with van der Waals surface area (Å²) in [5, 5.41) is 12.5. The maximum atomic E-state index is 12.5. The minimum atomic E-state index is 0.0973.